The van der Waals surface area contributed by atoms with Gasteiger partial charge in [-0.3, -0.25) is 14.5 Å². The number of para-hydroxylation sites is 1. The average Bonchev–Trinajstić information content (AvgIpc) is 3.43. The molecule has 178 valence electrons. The number of nitrogens with one attached hydrogen (secondary N) is 3. The first-order chi connectivity index (χ1) is 16.5. The van der Waals surface area contributed by atoms with Crippen molar-refractivity contribution in [1.82, 2.24) is 15.5 Å². The van der Waals surface area contributed by atoms with Crippen LogP contribution in [-0.4, -0.2) is 60.5 Å². The summed E-state index contributed by atoms with van der Waals surface area (Å²) in [6.45, 7) is 1.81. The van der Waals surface area contributed by atoms with Crippen molar-refractivity contribution in [3.8, 4) is 0 Å². The minimum Gasteiger partial charge on any atom is -0.353 e. The van der Waals surface area contributed by atoms with Gasteiger partial charge in [-0.05, 0) is 49.1 Å². The van der Waals surface area contributed by atoms with E-state index in [1.807, 2.05) is 23.1 Å². The fourth-order valence-corrected chi connectivity index (χ4v) is 5.48. The van der Waals surface area contributed by atoms with Crippen molar-refractivity contribution < 1.29 is 14.4 Å². The van der Waals surface area contributed by atoms with Crippen molar-refractivity contribution in [2.24, 2.45) is 0 Å². The van der Waals surface area contributed by atoms with Gasteiger partial charge in [-0.1, -0.05) is 35.9 Å². The minimum absolute atomic E-state index is 0.0180. The van der Waals surface area contributed by atoms with E-state index in [-0.39, 0.29) is 36.0 Å². The number of benzene rings is 2. The Morgan fingerprint density at radius 2 is 2.00 bits per heavy atom. The molecule has 9 heteroatoms. The predicted molar refractivity (Wildman–Crippen MR) is 131 cm³/mol. The summed E-state index contributed by atoms with van der Waals surface area (Å²) in [5.41, 5.74) is 2.84. The van der Waals surface area contributed by atoms with Gasteiger partial charge in [0.25, 0.3) is 0 Å². The molecule has 0 aliphatic carbocycles. The molecule has 0 saturated carbocycles. The molecule has 2 fully saturated rings. The van der Waals surface area contributed by atoms with Gasteiger partial charge in [0, 0.05) is 54.5 Å². The standard InChI is InChI=1S/C25H28ClN5O3/c26-17-5-3-6-18(12-17)28-25(34)29-19-13-22-24(33)27-14-20(31(22)15-19)8-9-23(32)30-11-10-16-4-1-2-7-21(16)30/h1-7,12,19-20,22H,8-11,13-15H2,(H,27,33)(H2,28,29,34). The molecule has 2 saturated heterocycles. The van der Waals surface area contributed by atoms with Gasteiger partial charge in [0.05, 0.1) is 6.04 Å². The van der Waals surface area contributed by atoms with E-state index in [0.717, 1.165) is 18.7 Å². The van der Waals surface area contributed by atoms with Crippen LogP contribution in [0.3, 0.4) is 0 Å². The molecular formula is C25H28ClN5O3. The topological polar surface area (TPSA) is 93.8 Å². The SMILES string of the molecule is O=C(Nc1cccc(Cl)c1)NC1CC2C(=O)NCC(CCC(=O)N3CCc4ccccc43)N2C1. The van der Waals surface area contributed by atoms with E-state index < -0.39 is 0 Å². The quantitative estimate of drug-likeness (QED) is 0.612. The lowest BCUT2D eigenvalue weighted by Gasteiger charge is -2.37. The number of carbonyl (C=O) groups excluding carboxylic acids is 3. The van der Waals surface area contributed by atoms with Crippen molar-refractivity contribution in [1.29, 1.82) is 0 Å². The predicted octanol–water partition coefficient (Wildman–Crippen LogP) is 2.77. The number of hydrogen-bond acceptors (Lipinski definition) is 4. The molecule has 3 unspecified atom stereocenters. The number of carbonyl (C=O) groups is 3. The van der Waals surface area contributed by atoms with E-state index in [2.05, 4.69) is 26.9 Å². The summed E-state index contributed by atoms with van der Waals surface area (Å²) >= 11 is 5.98. The Bertz CT molecular complexity index is 1110. The largest absolute Gasteiger partial charge is 0.353 e. The third-order valence-corrected chi connectivity index (χ3v) is 7.16. The normalized spacial score (nSPS) is 23.7. The zero-order valence-electron chi connectivity index (χ0n) is 18.8. The van der Waals surface area contributed by atoms with Crippen molar-refractivity contribution in [2.45, 2.75) is 43.8 Å². The van der Waals surface area contributed by atoms with E-state index in [9.17, 15) is 14.4 Å². The van der Waals surface area contributed by atoms with Crippen LogP contribution in [-0.2, 0) is 16.0 Å². The summed E-state index contributed by atoms with van der Waals surface area (Å²) in [4.78, 5) is 42.0. The number of hydrogen-bond donors (Lipinski definition) is 3. The van der Waals surface area contributed by atoms with Gasteiger partial charge in [0.1, 0.15) is 0 Å². The van der Waals surface area contributed by atoms with Crippen LogP contribution in [0, 0.1) is 0 Å². The molecule has 5 rings (SSSR count). The molecule has 34 heavy (non-hydrogen) atoms. The molecule has 3 atom stereocenters. The summed E-state index contributed by atoms with van der Waals surface area (Å²) in [5, 5.41) is 9.29. The van der Waals surface area contributed by atoms with Crippen LogP contribution in [0.2, 0.25) is 5.02 Å². The summed E-state index contributed by atoms with van der Waals surface area (Å²) in [6, 6.07) is 14.3. The lowest BCUT2D eigenvalue weighted by atomic mass is 10.0. The zero-order chi connectivity index (χ0) is 23.7. The minimum atomic E-state index is -0.327. The molecule has 0 spiro atoms. The maximum Gasteiger partial charge on any atom is 0.319 e. The Balaban J connectivity index is 1.17. The van der Waals surface area contributed by atoms with Crippen LogP contribution in [0.4, 0.5) is 16.2 Å². The van der Waals surface area contributed by atoms with Gasteiger partial charge in [0.2, 0.25) is 11.8 Å². The first kappa shape index (κ1) is 22.7. The van der Waals surface area contributed by atoms with Gasteiger partial charge in [-0.25, -0.2) is 4.79 Å². The molecule has 0 radical (unpaired) electrons. The molecule has 3 aliphatic rings. The number of halogens is 1. The van der Waals surface area contributed by atoms with Crippen LogP contribution >= 0.6 is 11.6 Å². The van der Waals surface area contributed by atoms with Crippen molar-refractivity contribution in [3.05, 3.63) is 59.1 Å². The molecule has 3 N–H and O–H groups in total. The van der Waals surface area contributed by atoms with E-state index >= 15 is 0 Å². The van der Waals surface area contributed by atoms with Crippen LogP contribution in [0.1, 0.15) is 24.8 Å². The van der Waals surface area contributed by atoms with E-state index in [0.29, 0.717) is 43.1 Å². The number of nitrogens with zero attached hydrogens (tertiary/aromatic N) is 2. The third-order valence-electron chi connectivity index (χ3n) is 6.92. The van der Waals surface area contributed by atoms with Crippen LogP contribution < -0.4 is 20.9 Å². The molecule has 0 aromatic heterocycles. The molecule has 8 nitrogen and oxygen atoms in total. The number of anilines is 2. The van der Waals surface area contributed by atoms with Gasteiger partial charge in [0.15, 0.2) is 0 Å². The Morgan fingerprint density at radius 3 is 2.85 bits per heavy atom. The Morgan fingerprint density at radius 1 is 1.15 bits per heavy atom. The monoisotopic (exact) mass is 481 g/mol. The van der Waals surface area contributed by atoms with E-state index in [1.165, 1.54) is 5.56 Å². The number of amides is 4. The Hall–Kier alpha value is -3.10. The Labute approximate surface area is 203 Å². The summed E-state index contributed by atoms with van der Waals surface area (Å²) in [7, 11) is 0. The smallest absolute Gasteiger partial charge is 0.319 e. The summed E-state index contributed by atoms with van der Waals surface area (Å²) < 4.78 is 0. The number of piperazine rings is 1. The van der Waals surface area contributed by atoms with Crippen molar-refractivity contribution >= 4 is 40.8 Å². The van der Waals surface area contributed by atoms with Crippen LogP contribution in [0.5, 0.6) is 0 Å². The van der Waals surface area contributed by atoms with Gasteiger partial charge >= 0.3 is 6.03 Å². The maximum absolute atomic E-state index is 13.0. The lowest BCUT2D eigenvalue weighted by molar-refractivity contribution is -0.129. The van der Waals surface area contributed by atoms with E-state index in [1.54, 1.807) is 24.3 Å². The highest BCUT2D eigenvalue weighted by Gasteiger charge is 2.44. The molecule has 2 aromatic rings. The van der Waals surface area contributed by atoms with Crippen LogP contribution in [0.15, 0.2) is 48.5 Å². The fourth-order valence-electron chi connectivity index (χ4n) is 5.29. The second-order valence-corrected chi connectivity index (χ2v) is 9.55. The third kappa shape index (κ3) is 4.74. The van der Waals surface area contributed by atoms with Gasteiger partial charge < -0.3 is 20.9 Å². The maximum atomic E-state index is 13.0. The first-order valence-electron chi connectivity index (χ1n) is 11.7. The fraction of sp³-hybridized carbons (Fsp3) is 0.400. The highest BCUT2D eigenvalue weighted by atomic mass is 35.5. The van der Waals surface area contributed by atoms with Crippen molar-refractivity contribution in [3.63, 3.8) is 0 Å². The molecule has 4 amide bonds. The number of rotatable bonds is 5. The second-order valence-electron chi connectivity index (χ2n) is 9.12. The highest BCUT2D eigenvalue weighted by Crippen LogP contribution is 2.30. The molecular weight excluding hydrogens is 454 g/mol. The zero-order valence-corrected chi connectivity index (χ0v) is 19.6. The number of fused-ring (bicyclic) bond motifs is 2. The highest BCUT2D eigenvalue weighted by molar-refractivity contribution is 6.30. The molecule has 0 bridgehead atoms. The summed E-state index contributed by atoms with van der Waals surface area (Å²) in [5.74, 6) is 0.101. The first-order valence-corrected chi connectivity index (χ1v) is 12.1. The molecule has 3 aliphatic heterocycles. The number of urea groups is 1. The molecule has 2 aromatic carbocycles. The average molecular weight is 482 g/mol. The van der Waals surface area contributed by atoms with E-state index in [4.69, 9.17) is 11.6 Å². The summed E-state index contributed by atoms with van der Waals surface area (Å²) in [6.07, 6.45) is 2.51. The molecule has 3 heterocycles. The van der Waals surface area contributed by atoms with Crippen molar-refractivity contribution in [2.75, 3.05) is 29.9 Å². The van der Waals surface area contributed by atoms with Crippen LogP contribution in [0.25, 0.3) is 0 Å². The lowest BCUT2D eigenvalue weighted by Crippen LogP contribution is -2.58. The second kappa shape index (κ2) is 9.64. The Kier molecular flexibility index (Phi) is 6.43. The van der Waals surface area contributed by atoms with Gasteiger partial charge in [-0.15, -0.1) is 0 Å². The van der Waals surface area contributed by atoms with Gasteiger partial charge in [-0.2, -0.15) is 0 Å².